The first-order chi connectivity index (χ1) is 4.14. The molecule has 0 N–H and O–H groups in total. The van der Waals surface area contributed by atoms with Gasteiger partial charge in [0.15, 0.2) is 5.79 Å². The largest absolute Gasteiger partial charge is 0.346 e. The Kier molecular flexibility index (Phi) is 1.75. The first-order valence-corrected chi connectivity index (χ1v) is 3.05. The third-order valence-corrected chi connectivity index (χ3v) is 1.28. The maximum Gasteiger partial charge on any atom is 0.165 e. The molecule has 1 rings (SSSR count). The van der Waals surface area contributed by atoms with Crippen LogP contribution in [0.1, 0.15) is 13.8 Å². The standard InChI is InChI=1S/C6H12NO2/c1-6(2)8-4-5(7-3)9-6/h5H,4H2,1-3H3/t5-/m0/s1. The number of rotatable bonds is 1. The highest BCUT2D eigenvalue weighted by Crippen LogP contribution is 2.20. The Hall–Kier alpha value is -0.120. The van der Waals surface area contributed by atoms with Crippen molar-refractivity contribution in [3.8, 4) is 0 Å². The number of likely N-dealkylation sites (N-methyl/N-ethyl adjacent to an activating group) is 1. The number of hydrogen-bond acceptors (Lipinski definition) is 2. The molecular formula is C6H12NO2. The Morgan fingerprint density at radius 1 is 1.56 bits per heavy atom. The molecule has 0 saturated carbocycles. The van der Waals surface area contributed by atoms with Gasteiger partial charge in [-0.2, -0.15) is 0 Å². The van der Waals surface area contributed by atoms with Crippen LogP contribution in [0, 0.1) is 0 Å². The zero-order chi connectivity index (χ0) is 6.91. The topological polar surface area (TPSA) is 32.6 Å². The Balaban J connectivity index is 2.38. The lowest BCUT2D eigenvalue weighted by molar-refractivity contribution is -0.141. The van der Waals surface area contributed by atoms with E-state index in [1.165, 1.54) is 0 Å². The minimum atomic E-state index is -0.426. The highest BCUT2D eigenvalue weighted by molar-refractivity contribution is 4.66. The van der Waals surface area contributed by atoms with Gasteiger partial charge in [0.25, 0.3) is 0 Å². The van der Waals surface area contributed by atoms with E-state index in [-0.39, 0.29) is 6.23 Å². The van der Waals surface area contributed by atoms with Crippen LogP contribution >= 0.6 is 0 Å². The summed E-state index contributed by atoms with van der Waals surface area (Å²) in [6, 6.07) is 0. The molecule has 0 spiro atoms. The van der Waals surface area contributed by atoms with Crippen LogP contribution < -0.4 is 5.32 Å². The summed E-state index contributed by atoms with van der Waals surface area (Å²) >= 11 is 0. The Morgan fingerprint density at radius 3 is 2.44 bits per heavy atom. The van der Waals surface area contributed by atoms with Crippen LogP contribution in [0.15, 0.2) is 0 Å². The lowest BCUT2D eigenvalue weighted by atomic mass is 10.4. The van der Waals surface area contributed by atoms with E-state index in [9.17, 15) is 0 Å². The molecule has 9 heavy (non-hydrogen) atoms. The van der Waals surface area contributed by atoms with Crippen molar-refractivity contribution in [3.63, 3.8) is 0 Å². The minimum absolute atomic E-state index is 0.0556. The fourth-order valence-corrected chi connectivity index (χ4v) is 0.795. The summed E-state index contributed by atoms with van der Waals surface area (Å²) in [6.07, 6.45) is -0.0556. The Labute approximate surface area is 55.3 Å². The molecule has 0 unspecified atom stereocenters. The van der Waals surface area contributed by atoms with E-state index in [4.69, 9.17) is 9.47 Å². The first kappa shape index (κ1) is 6.99. The first-order valence-electron chi connectivity index (χ1n) is 3.05. The second-order valence-corrected chi connectivity index (χ2v) is 2.54. The summed E-state index contributed by atoms with van der Waals surface area (Å²) < 4.78 is 10.5. The van der Waals surface area contributed by atoms with Gasteiger partial charge >= 0.3 is 0 Å². The van der Waals surface area contributed by atoms with Crippen molar-refractivity contribution in [1.29, 1.82) is 0 Å². The summed E-state index contributed by atoms with van der Waals surface area (Å²) in [4.78, 5) is 0. The van der Waals surface area contributed by atoms with Gasteiger partial charge in [-0.1, -0.05) is 0 Å². The maximum absolute atomic E-state index is 5.31. The molecule has 0 bridgehead atoms. The predicted molar refractivity (Wildman–Crippen MR) is 33.0 cm³/mol. The highest BCUT2D eigenvalue weighted by Gasteiger charge is 2.31. The molecular weight excluding hydrogens is 118 g/mol. The fourth-order valence-electron chi connectivity index (χ4n) is 0.795. The third-order valence-electron chi connectivity index (χ3n) is 1.28. The molecule has 1 atom stereocenters. The van der Waals surface area contributed by atoms with E-state index >= 15 is 0 Å². The number of hydrogen-bond donors (Lipinski definition) is 0. The Morgan fingerprint density at radius 2 is 2.22 bits per heavy atom. The molecule has 1 aliphatic rings. The van der Waals surface area contributed by atoms with Gasteiger partial charge in [-0.3, -0.25) is 0 Å². The van der Waals surface area contributed by atoms with Gasteiger partial charge in [-0.05, 0) is 13.8 Å². The molecule has 0 aromatic rings. The lowest BCUT2D eigenvalue weighted by Gasteiger charge is -2.15. The molecule has 1 saturated heterocycles. The average molecular weight is 130 g/mol. The third kappa shape index (κ3) is 1.64. The summed E-state index contributed by atoms with van der Waals surface area (Å²) in [6.45, 7) is 4.36. The van der Waals surface area contributed by atoms with Gasteiger partial charge in [0.05, 0.1) is 6.61 Å². The molecule has 0 amide bonds. The van der Waals surface area contributed by atoms with Crippen molar-refractivity contribution in [2.75, 3.05) is 13.7 Å². The number of ether oxygens (including phenoxy) is 2. The molecule has 0 aromatic carbocycles. The molecule has 0 aromatic heterocycles. The molecule has 1 aliphatic heterocycles. The smallest absolute Gasteiger partial charge is 0.165 e. The van der Waals surface area contributed by atoms with Crippen molar-refractivity contribution < 1.29 is 9.47 Å². The zero-order valence-corrected chi connectivity index (χ0v) is 6.05. The molecule has 3 heteroatoms. The van der Waals surface area contributed by atoms with Gasteiger partial charge in [-0.15, -0.1) is 0 Å². The van der Waals surface area contributed by atoms with Crippen molar-refractivity contribution >= 4 is 0 Å². The van der Waals surface area contributed by atoms with E-state index in [1.54, 1.807) is 7.05 Å². The summed E-state index contributed by atoms with van der Waals surface area (Å²) in [7, 11) is 1.73. The van der Waals surface area contributed by atoms with Crippen LogP contribution in [0.25, 0.3) is 0 Å². The van der Waals surface area contributed by atoms with Gasteiger partial charge < -0.3 is 9.47 Å². The van der Waals surface area contributed by atoms with Crippen molar-refractivity contribution in [2.45, 2.75) is 25.9 Å². The van der Waals surface area contributed by atoms with E-state index in [1.807, 2.05) is 13.8 Å². The van der Waals surface area contributed by atoms with Gasteiger partial charge in [-0.25, -0.2) is 5.32 Å². The van der Waals surface area contributed by atoms with Crippen LogP contribution in [0.3, 0.4) is 0 Å². The van der Waals surface area contributed by atoms with Gasteiger partial charge in [0.1, 0.15) is 6.23 Å². The van der Waals surface area contributed by atoms with E-state index in [0.717, 1.165) is 0 Å². The van der Waals surface area contributed by atoms with Crippen molar-refractivity contribution in [2.24, 2.45) is 0 Å². The molecule has 0 aliphatic carbocycles. The normalized spacial score (nSPS) is 33.0. The van der Waals surface area contributed by atoms with Crippen LogP contribution in [-0.2, 0) is 9.47 Å². The summed E-state index contributed by atoms with van der Waals surface area (Å²) in [5.74, 6) is -0.426. The average Bonchev–Trinajstić information content (AvgIpc) is 2.10. The van der Waals surface area contributed by atoms with Crippen LogP contribution in [0.2, 0.25) is 0 Å². The predicted octanol–water partition coefficient (Wildman–Crippen LogP) is 0.330. The van der Waals surface area contributed by atoms with Gasteiger partial charge in [0, 0.05) is 7.05 Å². The van der Waals surface area contributed by atoms with Crippen molar-refractivity contribution in [3.05, 3.63) is 0 Å². The molecule has 1 radical (unpaired) electrons. The van der Waals surface area contributed by atoms with Crippen molar-refractivity contribution in [1.82, 2.24) is 5.32 Å². The highest BCUT2D eigenvalue weighted by atomic mass is 16.7. The molecule has 1 heterocycles. The van der Waals surface area contributed by atoms with E-state index in [0.29, 0.717) is 6.61 Å². The monoisotopic (exact) mass is 130 g/mol. The zero-order valence-electron chi connectivity index (χ0n) is 6.05. The van der Waals surface area contributed by atoms with E-state index < -0.39 is 5.79 Å². The minimum Gasteiger partial charge on any atom is -0.346 e. The Bertz CT molecular complexity index is 103. The quantitative estimate of drug-likeness (QED) is 0.512. The summed E-state index contributed by atoms with van der Waals surface area (Å²) in [5, 5.41) is 3.94. The lowest BCUT2D eigenvalue weighted by Crippen LogP contribution is -2.25. The SMILES string of the molecule is C[N][C@@H]1COC(C)(C)O1. The second-order valence-electron chi connectivity index (χ2n) is 2.54. The second kappa shape index (κ2) is 2.25. The molecule has 3 nitrogen and oxygen atoms in total. The maximum atomic E-state index is 5.31. The molecule has 1 fully saturated rings. The van der Waals surface area contributed by atoms with Crippen LogP contribution in [0.5, 0.6) is 0 Å². The van der Waals surface area contributed by atoms with Crippen LogP contribution in [-0.4, -0.2) is 25.7 Å². The van der Waals surface area contributed by atoms with Crippen LogP contribution in [0.4, 0.5) is 0 Å². The van der Waals surface area contributed by atoms with E-state index in [2.05, 4.69) is 5.32 Å². The summed E-state index contributed by atoms with van der Waals surface area (Å²) in [5.41, 5.74) is 0. The number of nitrogens with zero attached hydrogens (tertiary/aromatic N) is 1. The fraction of sp³-hybridized carbons (Fsp3) is 1.00. The molecule has 53 valence electrons. The van der Waals surface area contributed by atoms with Gasteiger partial charge in [0.2, 0.25) is 0 Å².